The van der Waals surface area contributed by atoms with Crippen LogP contribution in [0, 0.1) is 6.92 Å². The van der Waals surface area contributed by atoms with Crippen LogP contribution in [0.5, 0.6) is 11.5 Å². The molecule has 1 aliphatic heterocycles. The van der Waals surface area contributed by atoms with Gasteiger partial charge in [0.05, 0.1) is 25.8 Å². The third-order valence-electron chi connectivity index (χ3n) is 5.73. The molecule has 0 saturated heterocycles. The number of aliphatic hydroxyl groups is 1. The molecule has 6 nitrogen and oxygen atoms in total. The van der Waals surface area contributed by atoms with Crippen molar-refractivity contribution in [2.24, 2.45) is 0 Å². The maximum Gasteiger partial charge on any atom is 0.264 e. The Bertz CT molecular complexity index is 1140. The van der Waals surface area contributed by atoms with Gasteiger partial charge in [0.1, 0.15) is 18.1 Å². The van der Waals surface area contributed by atoms with E-state index in [4.69, 9.17) is 9.47 Å². The van der Waals surface area contributed by atoms with Gasteiger partial charge in [-0.3, -0.25) is 9.59 Å². The molecular formula is C26H25NO5. The topological polar surface area (TPSA) is 76.1 Å². The Morgan fingerprint density at radius 2 is 1.69 bits per heavy atom. The van der Waals surface area contributed by atoms with E-state index >= 15 is 0 Å². The molecule has 0 spiro atoms. The number of methoxy groups -OCH3 is 1. The zero-order valence-corrected chi connectivity index (χ0v) is 18.1. The van der Waals surface area contributed by atoms with E-state index in [1.165, 1.54) is 4.90 Å². The summed E-state index contributed by atoms with van der Waals surface area (Å²) in [7, 11) is 1.55. The van der Waals surface area contributed by atoms with Crippen molar-refractivity contribution in [1.82, 2.24) is 0 Å². The van der Waals surface area contributed by atoms with Gasteiger partial charge in [-0.1, -0.05) is 36.4 Å². The minimum Gasteiger partial charge on any atom is -0.497 e. The van der Waals surface area contributed by atoms with E-state index in [0.29, 0.717) is 22.6 Å². The zero-order chi connectivity index (χ0) is 22.7. The highest BCUT2D eigenvalue weighted by molar-refractivity contribution is 6.10. The molecule has 0 unspecified atom stereocenters. The molecule has 1 N–H and O–H groups in total. The third kappa shape index (κ3) is 3.97. The number of hydrogen-bond acceptors (Lipinski definition) is 5. The van der Waals surface area contributed by atoms with E-state index < -0.39 is 11.5 Å². The molecule has 0 radical (unpaired) electrons. The highest BCUT2D eigenvalue weighted by Gasteiger charge is 2.50. The number of benzene rings is 3. The molecule has 32 heavy (non-hydrogen) atoms. The number of rotatable bonds is 8. The summed E-state index contributed by atoms with van der Waals surface area (Å²) >= 11 is 0. The fourth-order valence-electron chi connectivity index (χ4n) is 3.98. The highest BCUT2D eigenvalue weighted by atomic mass is 16.5. The van der Waals surface area contributed by atoms with Gasteiger partial charge in [0.25, 0.3) is 5.91 Å². The SMILES string of the molecule is COc1ccc(C(=O)C[C@]2(O)C(=O)N(CCOc3ccccc3C)c3ccccc32)cc1. The number of amides is 1. The Hall–Kier alpha value is -3.64. The van der Waals surface area contributed by atoms with Crippen molar-refractivity contribution < 1.29 is 24.2 Å². The number of ether oxygens (including phenoxy) is 2. The summed E-state index contributed by atoms with van der Waals surface area (Å²) in [6, 6.07) is 21.3. The molecule has 0 bridgehead atoms. The average molecular weight is 431 g/mol. The minimum atomic E-state index is -1.92. The van der Waals surface area contributed by atoms with Crippen LogP contribution in [0.1, 0.15) is 27.9 Å². The lowest BCUT2D eigenvalue weighted by Crippen LogP contribution is -2.43. The summed E-state index contributed by atoms with van der Waals surface area (Å²) in [4.78, 5) is 27.7. The Balaban J connectivity index is 1.53. The molecule has 6 heteroatoms. The number of aryl methyl sites for hydroxylation is 1. The summed E-state index contributed by atoms with van der Waals surface area (Å²) in [5, 5.41) is 11.4. The number of nitrogens with zero attached hydrogens (tertiary/aromatic N) is 1. The monoisotopic (exact) mass is 431 g/mol. The number of para-hydroxylation sites is 2. The van der Waals surface area contributed by atoms with Crippen LogP contribution in [-0.2, 0) is 10.4 Å². The molecule has 1 atom stereocenters. The molecule has 164 valence electrons. The van der Waals surface area contributed by atoms with Crippen LogP contribution in [0.25, 0.3) is 0 Å². The van der Waals surface area contributed by atoms with Crippen molar-refractivity contribution in [2.75, 3.05) is 25.2 Å². The molecule has 1 aliphatic rings. The molecule has 3 aromatic rings. The fourth-order valence-corrected chi connectivity index (χ4v) is 3.98. The Kier molecular flexibility index (Phi) is 5.97. The first kappa shape index (κ1) is 21.6. The summed E-state index contributed by atoms with van der Waals surface area (Å²) < 4.78 is 11.0. The Morgan fingerprint density at radius 3 is 2.41 bits per heavy atom. The van der Waals surface area contributed by atoms with Crippen LogP contribution in [-0.4, -0.2) is 37.1 Å². The minimum absolute atomic E-state index is 0.253. The first-order valence-electron chi connectivity index (χ1n) is 10.4. The molecule has 4 rings (SSSR count). The summed E-state index contributed by atoms with van der Waals surface area (Å²) in [5.74, 6) is 0.532. The van der Waals surface area contributed by atoms with Gasteiger partial charge in [0.2, 0.25) is 0 Å². The molecule has 0 fully saturated rings. The van der Waals surface area contributed by atoms with Crippen LogP contribution >= 0.6 is 0 Å². The number of hydrogen-bond donors (Lipinski definition) is 1. The quantitative estimate of drug-likeness (QED) is 0.548. The molecular weight excluding hydrogens is 406 g/mol. The van der Waals surface area contributed by atoms with Crippen LogP contribution < -0.4 is 14.4 Å². The normalized spacial score (nSPS) is 17.2. The number of anilines is 1. The van der Waals surface area contributed by atoms with Gasteiger partial charge in [0.15, 0.2) is 11.4 Å². The maximum atomic E-state index is 13.3. The van der Waals surface area contributed by atoms with Crippen LogP contribution in [0.2, 0.25) is 0 Å². The number of carbonyl (C=O) groups excluding carboxylic acids is 2. The Morgan fingerprint density at radius 1 is 1.00 bits per heavy atom. The second-order valence-corrected chi connectivity index (χ2v) is 7.78. The van der Waals surface area contributed by atoms with Gasteiger partial charge < -0.3 is 19.5 Å². The van der Waals surface area contributed by atoms with Crippen molar-refractivity contribution in [3.63, 3.8) is 0 Å². The van der Waals surface area contributed by atoms with Gasteiger partial charge in [-0.25, -0.2) is 0 Å². The summed E-state index contributed by atoms with van der Waals surface area (Å²) in [6.45, 7) is 2.46. The maximum absolute atomic E-state index is 13.3. The van der Waals surface area contributed by atoms with Crippen molar-refractivity contribution >= 4 is 17.4 Å². The number of ketones is 1. The first-order chi connectivity index (χ1) is 15.4. The van der Waals surface area contributed by atoms with E-state index in [0.717, 1.165) is 11.3 Å². The Labute approximate surface area is 187 Å². The standard InChI is InChI=1S/C26H25NO5/c1-18-7-3-6-10-24(18)32-16-15-27-22-9-5-4-8-21(22)26(30,25(27)29)17-23(28)19-11-13-20(31-2)14-12-19/h3-14,30H,15-17H2,1-2H3/t26-/m1/s1. The fraction of sp³-hybridized carbons (Fsp3) is 0.231. The number of fused-ring (bicyclic) bond motifs is 1. The third-order valence-corrected chi connectivity index (χ3v) is 5.73. The van der Waals surface area contributed by atoms with E-state index in [1.807, 2.05) is 31.2 Å². The van der Waals surface area contributed by atoms with Gasteiger partial charge in [-0.15, -0.1) is 0 Å². The summed E-state index contributed by atoms with van der Waals surface area (Å²) in [6.07, 6.45) is -0.343. The van der Waals surface area contributed by atoms with Gasteiger partial charge in [0, 0.05) is 11.1 Å². The molecule has 0 saturated carbocycles. The van der Waals surface area contributed by atoms with Crippen molar-refractivity contribution in [3.05, 3.63) is 89.5 Å². The molecule has 1 heterocycles. The van der Waals surface area contributed by atoms with E-state index in [1.54, 1.807) is 55.6 Å². The lowest BCUT2D eigenvalue weighted by atomic mass is 9.88. The highest BCUT2D eigenvalue weighted by Crippen LogP contribution is 2.42. The molecule has 0 aliphatic carbocycles. The lowest BCUT2D eigenvalue weighted by molar-refractivity contribution is -0.135. The van der Waals surface area contributed by atoms with E-state index in [9.17, 15) is 14.7 Å². The second-order valence-electron chi connectivity index (χ2n) is 7.78. The van der Waals surface area contributed by atoms with Crippen molar-refractivity contribution in [2.45, 2.75) is 18.9 Å². The summed E-state index contributed by atoms with van der Waals surface area (Å²) in [5.41, 5.74) is 0.516. The van der Waals surface area contributed by atoms with Crippen molar-refractivity contribution in [1.29, 1.82) is 0 Å². The van der Waals surface area contributed by atoms with Crippen LogP contribution in [0.15, 0.2) is 72.8 Å². The van der Waals surface area contributed by atoms with Gasteiger partial charge in [-0.2, -0.15) is 0 Å². The van der Waals surface area contributed by atoms with Crippen LogP contribution in [0.4, 0.5) is 5.69 Å². The van der Waals surface area contributed by atoms with Gasteiger partial charge >= 0.3 is 0 Å². The van der Waals surface area contributed by atoms with Gasteiger partial charge in [-0.05, 0) is 48.9 Å². The van der Waals surface area contributed by atoms with E-state index in [2.05, 4.69) is 0 Å². The number of carbonyl (C=O) groups is 2. The lowest BCUT2D eigenvalue weighted by Gasteiger charge is -2.23. The molecule has 1 amide bonds. The predicted octanol–water partition coefficient (Wildman–Crippen LogP) is 3.89. The average Bonchev–Trinajstić information content (AvgIpc) is 3.02. The van der Waals surface area contributed by atoms with Crippen molar-refractivity contribution in [3.8, 4) is 11.5 Å². The predicted molar refractivity (Wildman–Crippen MR) is 121 cm³/mol. The largest absolute Gasteiger partial charge is 0.497 e. The molecule has 0 aromatic heterocycles. The smallest absolute Gasteiger partial charge is 0.264 e. The van der Waals surface area contributed by atoms with E-state index in [-0.39, 0.29) is 25.4 Å². The first-order valence-corrected chi connectivity index (χ1v) is 10.4. The van der Waals surface area contributed by atoms with Crippen LogP contribution in [0.3, 0.4) is 0 Å². The number of Topliss-reactive ketones (excluding diaryl/α,β-unsaturated/α-hetero) is 1. The second kappa shape index (κ2) is 8.85. The molecule has 3 aromatic carbocycles. The zero-order valence-electron chi connectivity index (χ0n) is 18.1.